The van der Waals surface area contributed by atoms with E-state index < -0.39 is 5.97 Å². The second-order valence-electron chi connectivity index (χ2n) is 5.89. The molecule has 0 bridgehead atoms. The number of esters is 1. The predicted molar refractivity (Wildman–Crippen MR) is 104 cm³/mol. The average Bonchev–Trinajstić information content (AvgIpc) is 3.02. The number of benzene rings is 2. The molecule has 1 aromatic heterocycles. The Hall–Kier alpha value is -2.30. The van der Waals surface area contributed by atoms with Gasteiger partial charge in [0, 0.05) is 15.6 Å². The molecular weight excluding hydrogens is 371 g/mol. The van der Waals surface area contributed by atoms with Crippen LogP contribution in [0.3, 0.4) is 0 Å². The molecular formula is C20H18Cl2N2O2. The van der Waals surface area contributed by atoms with Crippen LogP contribution in [0.2, 0.25) is 10.0 Å². The van der Waals surface area contributed by atoms with Crippen molar-refractivity contribution in [3.8, 4) is 11.3 Å². The SMILES string of the molecule is CCOC(=O)c1cc(-c2ccc(C)cc2)nn1Cc1ccc(Cl)cc1Cl. The Morgan fingerprint density at radius 2 is 1.85 bits per heavy atom. The largest absolute Gasteiger partial charge is 0.461 e. The van der Waals surface area contributed by atoms with Crippen molar-refractivity contribution in [3.05, 3.63) is 75.4 Å². The summed E-state index contributed by atoms with van der Waals surface area (Å²) in [5.41, 5.74) is 4.00. The van der Waals surface area contributed by atoms with E-state index in [1.54, 1.807) is 29.8 Å². The van der Waals surface area contributed by atoms with Crippen LogP contribution in [0.15, 0.2) is 48.5 Å². The molecule has 0 spiro atoms. The number of nitrogens with zero attached hydrogens (tertiary/aromatic N) is 2. The maximum absolute atomic E-state index is 12.4. The van der Waals surface area contributed by atoms with Crippen LogP contribution in [-0.2, 0) is 11.3 Å². The van der Waals surface area contributed by atoms with Crippen LogP contribution in [0.4, 0.5) is 0 Å². The van der Waals surface area contributed by atoms with E-state index in [1.165, 1.54) is 0 Å². The van der Waals surface area contributed by atoms with Crippen LogP contribution < -0.4 is 0 Å². The third-order valence-electron chi connectivity index (χ3n) is 3.95. The van der Waals surface area contributed by atoms with E-state index in [2.05, 4.69) is 5.10 Å². The molecule has 6 heteroatoms. The molecule has 0 atom stereocenters. The lowest BCUT2D eigenvalue weighted by molar-refractivity contribution is 0.0512. The lowest BCUT2D eigenvalue weighted by atomic mass is 10.1. The van der Waals surface area contributed by atoms with E-state index in [0.29, 0.717) is 34.6 Å². The Morgan fingerprint density at radius 1 is 1.12 bits per heavy atom. The van der Waals surface area contributed by atoms with Gasteiger partial charge in [-0.15, -0.1) is 0 Å². The number of halogens is 2. The molecule has 26 heavy (non-hydrogen) atoms. The Bertz CT molecular complexity index is 933. The first kappa shape index (κ1) is 18.5. The monoisotopic (exact) mass is 388 g/mol. The Kier molecular flexibility index (Phi) is 5.64. The van der Waals surface area contributed by atoms with Gasteiger partial charge in [-0.25, -0.2) is 4.79 Å². The van der Waals surface area contributed by atoms with Crippen molar-refractivity contribution in [1.29, 1.82) is 0 Å². The van der Waals surface area contributed by atoms with E-state index in [1.807, 2.05) is 37.3 Å². The fourth-order valence-corrected chi connectivity index (χ4v) is 3.05. The molecule has 3 aromatic rings. The van der Waals surface area contributed by atoms with Gasteiger partial charge in [-0.05, 0) is 37.6 Å². The maximum atomic E-state index is 12.4. The molecule has 0 radical (unpaired) electrons. The van der Waals surface area contributed by atoms with Crippen LogP contribution in [-0.4, -0.2) is 22.4 Å². The van der Waals surface area contributed by atoms with Gasteiger partial charge in [-0.2, -0.15) is 5.10 Å². The molecule has 2 aromatic carbocycles. The van der Waals surface area contributed by atoms with Gasteiger partial charge in [0.05, 0.1) is 18.8 Å². The molecule has 0 unspecified atom stereocenters. The van der Waals surface area contributed by atoms with E-state index in [0.717, 1.165) is 16.7 Å². The third-order valence-corrected chi connectivity index (χ3v) is 4.53. The molecule has 4 nitrogen and oxygen atoms in total. The van der Waals surface area contributed by atoms with Crippen molar-refractivity contribution in [2.45, 2.75) is 20.4 Å². The molecule has 0 aliphatic carbocycles. The molecule has 0 amide bonds. The summed E-state index contributed by atoms with van der Waals surface area (Å²) < 4.78 is 6.78. The maximum Gasteiger partial charge on any atom is 0.356 e. The number of aryl methyl sites for hydroxylation is 1. The molecule has 0 fully saturated rings. The third kappa shape index (κ3) is 4.09. The molecule has 1 heterocycles. The van der Waals surface area contributed by atoms with Crippen molar-refractivity contribution in [3.63, 3.8) is 0 Å². The molecule has 0 aliphatic rings. The van der Waals surface area contributed by atoms with Gasteiger partial charge in [0.2, 0.25) is 0 Å². The van der Waals surface area contributed by atoms with E-state index in [4.69, 9.17) is 27.9 Å². The Labute approximate surface area is 162 Å². The summed E-state index contributed by atoms with van der Waals surface area (Å²) in [5, 5.41) is 5.68. The van der Waals surface area contributed by atoms with Crippen molar-refractivity contribution >= 4 is 29.2 Å². The zero-order valence-corrected chi connectivity index (χ0v) is 16.0. The smallest absolute Gasteiger partial charge is 0.356 e. The highest BCUT2D eigenvalue weighted by Gasteiger charge is 2.18. The van der Waals surface area contributed by atoms with Gasteiger partial charge in [0.1, 0.15) is 5.69 Å². The molecule has 0 saturated carbocycles. The molecule has 0 aliphatic heterocycles. The number of ether oxygens (including phenoxy) is 1. The van der Waals surface area contributed by atoms with Crippen LogP contribution in [0, 0.1) is 6.92 Å². The topological polar surface area (TPSA) is 44.1 Å². The number of hydrogen-bond donors (Lipinski definition) is 0. The number of hydrogen-bond acceptors (Lipinski definition) is 3. The van der Waals surface area contributed by atoms with Gasteiger partial charge < -0.3 is 4.74 Å². The summed E-state index contributed by atoms with van der Waals surface area (Å²) in [6.07, 6.45) is 0. The first-order chi connectivity index (χ1) is 12.5. The van der Waals surface area contributed by atoms with Crippen molar-refractivity contribution < 1.29 is 9.53 Å². The Balaban J connectivity index is 2.01. The van der Waals surface area contributed by atoms with E-state index >= 15 is 0 Å². The van der Waals surface area contributed by atoms with Crippen LogP contribution in [0.1, 0.15) is 28.5 Å². The summed E-state index contributed by atoms with van der Waals surface area (Å²) >= 11 is 12.2. The van der Waals surface area contributed by atoms with Gasteiger partial charge in [-0.3, -0.25) is 4.68 Å². The van der Waals surface area contributed by atoms with Gasteiger partial charge >= 0.3 is 5.97 Å². The predicted octanol–water partition coefficient (Wildman–Crippen LogP) is 5.39. The second-order valence-corrected chi connectivity index (χ2v) is 6.74. The van der Waals surface area contributed by atoms with Gasteiger partial charge in [-0.1, -0.05) is 59.1 Å². The average molecular weight is 389 g/mol. The lowest BCUT2D eigenvalue weighted by Gasteiger charge is -2.08. The first-order valence-corrected chi connectivity index (χ1v) is 8.99. The second kappa shape index (κ2) is 7.94. The van der Waals surface area contributed by atoms with Crippen LogP contribution in [0.5, 0.6) is 0 Å². The number of aromatic nitrogens is 2. The summed E-state index contributed by atoms with van der Waals surface area (Å²) in [6.45, 7) is 4.44. The van der Waals surface area contributed by atoms with Gasteiger partial charge in [0.25, 0.3) is 0 Å². The Morgan fingerprint density at radius 3 is 2.50 bits per heavy atom. The van der Waals surface area contributed by atoms with Crippen molar-refractivity contribution in [2.75, 3.05) is 6.61 Å². The zero-order valence-electron chi connectivity index (χ0n) is 14.5. The number of carbonyl (C=O) groups excluding carboxylic acids is 1. The van der Waals surface area contributed by atoms with Crippen LogP contribution in [0.25, 0.3) is 11.3 Å². The molecule has 3 rings (SSSR count). The zero-order chi connectivity index (χ0) is 18.7. The van der Waals surface area contributed by atoms with E-state index in [-0.39, 0.29) is 0 Å². The van der Waals surface area contributed by atoms with E-state index in [9.17, 15) is 4.79 Å². The fraction of sp³-hybridized carbons (Fsp3) is 0.200. The minimum absolute atomic E-state index is 0.297. The standard InChI is InChI=1S/C20H18Cl2N2O2/c1-3-26-20(25)19-11-18(14-6-4-13(2)5-7-14)23-24(19)12-15-8-9-16(21)10-17(15)22/h4-11H,3,12H2,1-2H3. The summed E-state index contributed by atoms with van der Waals surface area (Å²) in [7, 11) is 0. The van der Waals surface area contributed by atoms with Gasteiger partial charge in [0.15, 0.2) is 0 Å². The highest BCUT2D eigenvalue weighted by atomic mass is 35.5. The quantitative estimate of drug-likeness (QED) is 0.550. The normalized spacial score (nSPS) is 10.8. The number of carbonyl (C=O) groups is 1. The summed E-state index contributed by atoms with van der Waals surface area (Å²) in [5.74, 6) is -0.413. The number of rotatable bonds is 5. The summed E-state index contributed by atoms with van der Waals surface area (Å²) in [6, 6.07) is 15.0. The van der Waals surface area contributed by atoms with Crippen LogP contribution >= 0.6 is 23.2 Å². The summed E-state index contributed by atoms with van der Waals surface area (Å²) in [4.78, 5) is 12.4. The molecule has 134 valence electrons. The molecule has 0 saturated heterocycles. The molecule has 0 N–H and O–H groups in total. The minimum Gasteiger partial charge on any atom is -0.461 e. The lowest BCUT2D eigenvalue weighted by Crippen LogP contribution is -2.14. The highest BCUT2D eigenvalue weighted by molar-refractivity contribution is 6.35. The fourth-order valence-electron chi connectivity index (χ4n) is 2.58. The van der Waals surface area contributed by atoms with Crippen molar-refractivity contribution in [2.24, 2.45) is 0 Å². The van der Waals surface area contributed by atoms with Crippen molar-refractivity contribution in [1.82, 2.24) is 9.78 Å². The first-order valence-electron chi connectivity index (χ1n) is 8.24. The highest BCUT2D eigenvalue weighted by Crippen LogP contribution is 2.25. The minimum atomic E-state index is -0.413.